The van der Waals surface area contributed by atoms with Gasteiger partial charge in [0.25, 0.3) is 0 Å². The third-order valence-electron chi connectivity index (χ3n) is 5.49. The lowest BCUT2D eigenvalue weighted by Crippen LogP contribution is -2.36. The Morgan fingerprint density at radius 2 is 1.80 bits per heavy atom. The van der Waals surface area contributed by atoms with Crippen LogP contribution in [0.4, 0.5) is 5.69 Å². The molecule has 0 aliphatic heterocycles. The minimum absolute atomic E-state index is 0.0543. The summed E-state index contributed by atoms with van der Waals surface area (Å²) < 4.78 is 10.0. The number of anilines is 1. The Morgan fingerprint density at radius 1 is 1.03 bits per heavy atom. The van der Waals surface area contributed by atoms with Crippen molar-refractivity contribution in [2.75, 3.05) is 19.1 Å². The minimum Gasteiger partial charge on any atom is -0.497 e. The predicted octanol–water partition coefficient (Wildman–Crippen LogP) is 4.99. The van der Waals surface area contributed by atoms with Gasteiger partial charge in [-0.3, -0.25) is 4.79 Å². The number of esters is 1. The van der Waals surface area contributed by atoms with E-state index in [4.69, 9.17) is 4.74 Å². The molecule has 0 radical (unpaired) electrons. The summed E-state index contributed by atoms with van der Waals surface area (Å²) >= 11 is 0. The van der Waals surface area contributed by atoms with Crippen LogP contribution in [0.2, 0.25) is 0 Å². The standard InChI is InChI=1S/C25H29NO4/c1-29-23-13-7-9-20(17-23)18-26(25(28)21-10-4-3-5-11-21)22-12-6-8-19(16-22)14-15-24(27)30-2/h6-9,12-17,21H,3-5,10-11,18H2,1-2H3/b15-14+. The van der Waals surface area contributed by atoms with Crippen LogP contribution >= 0.6 is 0 Å². The van der Waals surface area contributed by atoms with Crippen LogP contribution in [0.15, 0.2) is 54.6 Å². The number of ether oxygens (including phenoxy) is 2. The monoisotopic (exact) mass is 407 g/mol. The molecule has 1 saturated carbocycles. The van der Waals surface area contributed by atoms with E-state index in [1.807, 2.05) is 53.4 Å². The Bertz CT molecular complexity index is 900. The number of methoxy groups -OCH3 is 2. The zero-order valence-electron chi connectivity index (χ0n) is 17.7. The lowest BCUT2D eigenvalue weighted by atomic mass is 9.88. The number of carbonyl (C=O) groups is 2. The predicted molar refractivity (Wildman–Crippen MR) is 118 cm³/mol. The van der Waals surface area contributed by atoms with E-state index in [0.29, 0.717) is 6.54 Å². The molecule has 0 N–H and O–H groups in total. The van der Waals surface area contributed by atoms with Gasteiger partial charge in [0, 0.05) is 17.7 Å². The molecule has 0 aromatic heterocycles. The SMILES string of the molecule is COC(=O)/C=C/c1cccc(N(Cc2cccc(OC)c2)C(=O)C2CCCCC2)c1. The summed E-state index contributed by atoms with van der Waals surface area (Å²) in [5.74, 6) is 0.574. The van der Waals surface area contributed by atoms with Gasteiger partial charge in [0.15, 0.2) is 0 Å². The van der Waals surface area contributed by atoms with E-state index in [9.17, 15) is 9.59 Å². The average molecular weight is 408 g/mol. The zero-order valence-corrected chi connectivity index (χ0v) is 17.7. The van der Waals surface area contributed by atoms with E-state index >= 15 is 0 Å². The van der Waals surface area contributed by atoms with Gasteiger partial charge in [0.05, 0.1) is 20.8 Å². The number of hydrogen-bond donors (Lipinski definition) is 0. The maximum absolute atomic E-state index is 13.5. The summed E-state index contributed by atoms with van der Waals surface area (Å²) in [5.41, 5.74) is 2.67. The van der Waals surface area contributed by atoms with E-state index in [2.05, 4.69) is 4.74 Å². The first-order chi connectivity index (χ1) is 14.6. The Morgan fingerprint density at radius 3 is 2.53 bits per heavy atom. The van der Waals surface area contributed by atoms with Gasteiger partial charge in [-0.1, -0.05) is 43.5 Å². The van der Waals surface area contributed by atoms with Crippen LogP contribution in [0.1, 0.15) is 43.2 Å². The molecule has 2 aromatic carbocycles. The lowest BCUT2D eigenvalue weighted by Gasteiger charge is -2.30. The Labute approximate surface area is 178 Å². The Balaban J connectivity index is 1.91. The molecule has 1 fully saturated rings. The highest BCUT2D eigenvalue weighted by Gasteiger charge is 2.27. The van der Waals surface area contributed by atoms with Crippen LogP contribution < -0.4 is 9.64 Å². The molecular weight excluding hydrogens is 378 g/mol. The van der Waals surface area contributed by atoms with Gasteiger partial charge in [0.1, 0.15) is 5.75 Å². The summed E-state index contributed by atoms with van der Waals surface area (Å²) in [6.45, 7) is 0.469. The molecule has 0 spiro atoms. The first kappa shape index (κ1) is 21.6. The van der Waals surface area contributed by atoms with E-state index in [1.54, 1.807) is 13.2 Å². The third-order valence-corrected chi connectivity index (χ3v) is 5.49. The van der Waals surface area contributed by atoms with Crippen LogP contribution in [-0.2, 0) is 20.9 Å². The van der Waals surface area contributed by atoms with Crippen LogP contribution in [0.25, 0.3) is 6.08 Å². The van der Waals surface area contributed by atoms with Gasteiger partial charge in [-0.05, 0) is 54.3 Å². The maximum atomic E-state index is 13.5. The zero-order chi connectivity index (χ0) is 21.3. The first-order valence-corrected chi connectivity index (χ1v) is 10.4. The molecule has 0 atom stereocenters. The second kappa shape index (κ2) is 10.6. The third kappa shape index (κ3) is 5.72. The van der Waals surface area contributed by atoms with E-state index < -0.39 is 5.97 Å². The largest absolute Gasteiger partial charge is 0.497 e. The normalized spacial score (nSPS) is 14.5. The topological polar surface area (TPSA) is 55.8 Å². The molecule has 0 unspecified atom stereocenters. The van der Waals surface area contributed by atoms with Gasteiger partial charge in [-0.15, -0.1) is 0 Å². The van der Waals surface area contributed by atoms with Crippen molar-refractivity contribution in [2.45, 2.75) is 38.6 Å². The molecule has 30 heavy (non-hydrogen) atoms. The van der Waals surface area contributed by atoms with Crippen molar-refractivity contribution in [2.24, 2.45) is 5.92 Å². The van der Waals surface area contributed by atoms with Crippen LogP contribution in [-0.4, -0.2) is 26.1 Å². The summed E-state index contributed by atoms with van der Waals surface area (Å²) in [6.07, 6.45) is 8.37. The van der Waals surface area contributed by atoms with E-state index in [0.717, 1.165) is 48.2 Å². The summed E-state index contributed by atoms with van der Waals surface area (Å²) in [7, 11) is 2.99. The fourth-order valence-electron chi connectivity index (χ4n) is 3.85. The first-order valence-electron chi connectivity index (χ1n) is 10.4. The van der Waals surface area contributed by atoms with Gasteiger partial charge in [0.2, 0.25) is 5.91 Å². The summed E-state index contributed by atoms with van der Waals surface area (Å²) in [5, 5.41) is 0. The quantitative estimate of drug-likeness (QED) is 0.479. The van der Waals surface area contributed by atoms with Crippen LogP contribution in [0.3, 0.4) is 0 Å². The highest BCUT2D eigenvalue weighted by molar-refractivity contribution is 5.95. The van der Waals surface area contributed by atoms with Crippen LogP contribution in [0.5, 0.6) is 5.75 Å². The number of nitrogens with zero attached hydrogens (tertiary/aromatic N) is 1. The second-order valence-corrected chi connectivity index (χ2v) is 7.56. The molecule has 0 heterocycles. The molecule has 1 aliphatic carbocycles. The summed E-state index contributed by atoms with van der Waals surface area (Å²) in [6, 6.07) is 15.5. The van der Waals surface area contributed by atoms with Crippen molar-refractivity contribution in [3.05, 3.63) is 65.7 Å². The van der Waals surface area contributed by atoms with Crippen molar-refractivity contribution in [1.82, 2.24) is 0 Å². The summed E-state index contributed by atoms with van der Waals surface area (Å²) in [4.78, 5) is 26.8. The fraction of sp³-hybridized carbons (Fsp3) is 0.360. The van der Waals surface area contributed by atoms with Gasteiger partial charge >= 0.3 is 5.97 Å². The van der Waals surface area contributed by atoms with E-state index in [-0.39, 0.29) is 11.8 Å². The molecule has 0 saturated heterocycles. The Kier molecular flexibility index (Phi) is 7.66. The second-order valence-electron chi connectivity index (χ2n) is 7.56. The van der Waals surface area contributed by atoms with Gasteiger partial charge < -0.3 is 14.4 Å². The molecule has 2 aromatic rings. The minimum atomic E-state index is -0.410. The number of amides is 1. The fourth-order valence-corrected chi connectivity index (χ4v) is 3.85. The van der Waals surface area contributed by atoms with Crippen molar-refractivity contribution >= 4 is 23.6 Å². The molecular formula is C25H29NO4. The molecule has 1 amide bonds. The molecule has 5 heteroatoms. The molecule has 158 valence electrons. The van der Waals surface area contributed by atoms with Crippen molar-refractivity contribution in [1.29, 1.82) is 0 Å². The van der Waals surface area contributed by atoms with Gasteiger partial charge in [-0.25, -0.2) is 4.79 Å². The van der Waals surface area contributed by atoms with Gasteiger partial charge in [-0.2, -0.15) is 0 Å². The highest BCUT2D eigenvalue weighted by Crippen LogP contribution is 2.29. The molecule has 3 rings (SSSR count). The number of carbonyl (C=O) groups excluding carboxylic acids is 2. The number of rotatable bonds is 7. The Hall–Kier alpha value is -3.08. The molecule has 5 nitrogen and oxygen atoms in total. The maximum Gasteiger partial charge on any atom is 0.330 e. The molecule has 1 aliphatic rings. The van der Waals surface area contributed by atoms with E-state index in [1.165, 1.54) is 19.6 Å². The number of hydrogen-bond acceptors (Lipinski definition) is 4. The highest BCUT2D eigenvalue weighted by atomic mass is 16.5. The van der Waals surface area contributed by atoms with Crippen LogP contribution in [0, 0.1) is 5.92 Å². The van der Waals surface area contributed by atoms with Crippen molar-refractivity contribution in [3.63, 3.8) is 0 Å². The number of benzene rings is 2. The average Bonchev–Trinajstić information content (AvgIpc) is 2.81. The van der Waals surface area contributed by atoms with Crippen molar-refractivity contribution in [3.8, 4) is 5.75 Å². The molecule has 0 bridgehead atoms. The van der Waals surface area contributed by atoms with Crippen molar-refractivity contribution < 1.29 is 19.1 Å². The smallest absolute Gasteiger partial charge is 0.330 e. The lowest BCUT2D eigenvalue weighted by molar-refractivity contribution is -0.134.